The molecule has 1 N–H and O–H groups in total. The highest BCUT2D eigenvalue weighted by atomic mass is 127. The Balaban J connectivity index is 2.02. The van der Waals surface area contributed by atoms with Crippen LogP contribution >= 0.6 is 46.1 Å². The van der Waals surface area contributed by atoms with Crippen molar-refractivity contribution < 1.29 is 4.79 Å². The zero-order chi connectivity index (χ0) is 14.7. The number of benzene rings is 1. The molecule has 1 aromatic carbocycles. The molecular formula is C12H13Cl2IN4O. The molecular weight excluding hydrogens is 414 g/mol. The second-order valence-electron chi connectivity index (χ2n) is 4.33. The normalized spacial score (nSPS) is 14.7. The predicted molar refractivity (Wildman–Crippen MR) is 90.7 cm³/mol. The molecule has 1 amide bonds. The van der Waals surface area contributed by atoms with E-state index >= 15 is 0 Å². The van der Waals surface area contributed by atoms with Crippen molar-refractivity contribution in [1.29, 1.82) is 0 Å². The first-order valence-electron chi connectivity index (χ1n) is 5.92. The van der Waals surface area contributed by atoms with Crippen LogP contribution in [-0.4, -0.2) is 35.0 Å². The summed E-state index contributed by atoms with van der Waals surface area (Å²) in [4.78, 5) is 11.7. The van der Waals surface area contributed by atoms with Gasteiger partial charge in [0.25, 0.3) is 0 Å². The van der Waals surface area contributed by atoms with E-state index in [1.54, 1.807) is 20.3 Å². The Kier molecular flexibility index (Phi) is 5.48. The Morgan fingerprint density at radius 3 is 2.90 bits per heavy atom. The Morgan fingerprint density at radius 1 is 1.50 bits per heavy atom. The fraction of sp³-hybridized carbons (Fsp3) is 0.333. The molecule has 0 radical (unpaired) electrons. The van der Waals surface area contributed by atoms with Crippen molar-refractivity contribution in [2.24, 2.45) is 5.10 Å². The Bertz CT molecular complexity index is 550. The molecule has 1 aliphatic heterocycles. The number of nitrogens with one attached hydrogen (secondary N) is 1. The number of rotatable bonds is 3. The minimum Gasteiger partial charge on any atom is -0.312 e. The van der Waals surface area contributed by atoms with Crippen LogP contribution in [0.2, 0.25) is 10.0 Å². The summed E-state index contributed by atoms with van der Waals surface area (Å²) in [6.07, 6.45) is 0.691. The molecule has 0 fully saturated rings. The minimum absolute atomic E-state index is 0.0726. The lowest BCUT2D eigenvalue weighted by Crippen LogP contribution is -2.35. The molecule has 0 saturated carbocycles. The minimum atomic E-state index is -0.0726. The summed E-state index contributed by atoms with van der Waals surface area (Å²) in [6.45, 7) is 1.03. The van der Waals surface area contributed by atoms with Gasteiger partial charge in [0.15, 0.2) is 0 Å². The second-order valence-corrected chi connectivity index (χ2v) is 6.79. The van der Waals surface area contributed by atoms with Crippen LogP contribution in [0.4, 0.5) is 5.69 Å². The van der Waals surface area contributed by atoms with E-state index in [4.69, 9.17) is 23.2 Å². The van der Waals surface area contributed by atoms with E-state index in [1.165, 1.54) is 0 Å². The van der Waals surface area contributed by atoms with Crippen LogP contribution in [0.5, 0.6) is 0 Å². The highest BCUT2D eigenvalue weighted by molar-refractivity contribution is 14.1. The van der Waals surface area contributed by atoms with Crippen LogP contribution in [0.3, 0.4) is 0 Å². The number of nitrogens with zero attached hydrogens (tertiary/aromatic N) is 3. The molecule has 108 valence electrons. The molecule has 0 bridgehead atoms. The molecule has 0 aliphatic carbocycles. The first kappa shape index (κ1) is 15.8. The van der Waals surface area contributed by atoms with E-state index in [9.17, 15) is 4.79 Å². The molecule has 8 heteroatoms. The summed E-state index contributed by atoms with van der Waals surface area (Å²) in [5, 5.41) is 9.97. The smallest absolute Gasteiger partial charge is 0.240 e. The molecule has 1 aliphatic rings. The number of anilines is 1. The van der Waals surface area contributed by atoms with E-state index in [-0.39, 0.29) is 5.91 Å². The standard InChI is InChI=1S/C12H13Cl2IN4O/c1-18(15)7-12(20)16-11-4-5-19(17-11)8-2-3-9(13)10(14)6-8/h2-3,6H,4-5,7H2,1H3,(H,16,17,20). The number of likely N-dealkylation sites (N-methyl/N-ethyl adjacent to an activating group) is 1. The number of hydrazone groups is 1. The first-order chi connectivity index (χ1) is 9.45. The molecule has 1 heterocycles. The van der Waals surface area contributed by atoms with Gasteiger partial charge in [0.2, 0.25) is 5.91 Å². The number of halogens is 3. The number of carbonyl (C=O) groups is 1. The van der Waals surface area contributed by atoms with Gasteiger partial charge in [-0.15, -0.1) is 0 Å². The summed E-state index contributed by atoms with van der Waals surface area (Å²) in [6, 6.07) is 5.34. The van der Waals surface area contributed by atoms with Crippen molar-refractivity contribution in [1.82, 2.24) is 8.43 Å². The summed E-state index contributed by atoms with van der Waals surface area (Å²) in [7, 11) is 1.83. The van der Waals surface area contributed by atoms with Crippen LogP contribution < -0.4 is 10.3 Å². The van der Waals surface area contributed by atoms with Crippen molar-refractivity contribution in [3.05, 3.63) is 28.2 Å². The molecule has 0 saturated heterocycles. The Labute approximate surface area is 141 Å². The van der Waals surface area contributed by atoms with Gasteiger partial charge in [0, 0.05) is 35.8 Å². The molecule has 2 rings (SSSR count). The molecule has 5 nitrogen and oxygen atoms in total. The van der Waals surface area contributed by atoms with Gasteiger partial charge in [-0.3, -0.25) is 9.80 Å². The highest BCUT2D eigenvalue weighted by Crippen LogP contribution is 2.28. The van der Waals surface area contributed by atoms with E-state index in [2.05, 4.69) is 33.3 Å². The van der Waals surface area contributed by atoms with Crippen LogP contribution in [0, 0.1) is 0 Å². The van der Waals surface area contributed by atoms with Gasteiger partial charge in [-0.25, -0.2) is 3.11 Å². The molecule has 1 aromatic rings. The van der Waals surface area contributed by atoms with Crippen LogP contribution in [-0.2, 0) is 4.79 Å². The lowest BCUT2D eigenvalue weighted by atomic mass is 10.3. The molecule has 0 unspecified atom stereocenters. The van der Waals surface area contributed by atoms with E-state index < -0.39 is 0 Å². The van der Waals surface area contributed by atoms with Crippen LogP contribution in [0.25, 0.3) is 0 Å². The second kappa shape index (κ2) is 6.93. The van der Waals surface area contributed by atoms with Crippen molar-refractivity contribution in [2.75, 3.05) is 25.1 Å². The fourth-order valence-corrected chi connectivity index (χ4v) is 2.38. The third-order valence-electron chi connectivity index (χ3n) is 2.65. The number of amidine groups is 1. The van der Waals surface area contributed by atoms with Crippen molar-refractivity contribution >= 4 is 63.5 Å². The topological polar surface area (TPSA) is 47.9 Å². The van der Waals surface area contributed by atoms with Gasteiger partial charge < -0.3 is 5.32 Å². The zero-order valence-electron chi connectivity index (χ0n) is 10.7. The van der Waals surface area contributed by atoms with Gasteiger partial charge in [-0.05, 0) is 25.2 Å². The highest BCUT2D eigenvalue weighted by Gasteiger charge is 2.18. The van der Waals surface area contributed by atoms with Gasteiger partial charge in [0.05, 0.1) is 22.3 Å². The quantitative estimate of drug-likeness (QED) is 0.597. The number of carbonyl (C=O) groups excluding carboxylic acids is 1. The number of hydrogen-bond acceptors (Lipinski definition) is 4. The van der Waals surface area contributed by atoms with Gasteiger partial charge >= 0.3 is 0 Å². The summed E-state index contributed by atoms with van der Waals surface area (Å²) in [5.74, 6) is 0.593. The van der Waals surface area contributed by atoms with E-state index in [0.717, 1.165) is 5.69 Å². The predicted octanol–water partition coefficient (Wildman–Crippen LogP) is 2.92. The molecule has 20 heavy (non-hydrogen) atoms. The maximum Gasteiger partial charge on any atom is 0.240 e. The third-order valence-corrected chi connectivity index (χ3v) is 3.73. The van der Waals surface area contributed by atoms with E-state index in [0.29, 0.717) is 35.4 Å². The number of amides is 1. The lowest BCUT2D eigenvalue weighted by molar-refractivity contribution is -0.119. The number of hydrogen-bond donors (Lipinski definition) is 1. The Morgan fingerprint density at radius 2 is 2.25 bits per heavy atom. The average molecular weight is 427 g/mol. The zero-order valence-corrected chi connectivity index (χ0v) is 14.4. The monoisotopic (exact) mass is 426 g/mol. The molecule has 0 aromatic heterocycles. The maximum absolute atomic E-state index is 11.7. The first-order valence-corrected chi connectivity index (χ1v) is 7.64. The molecule has 0 spiro atoms. The largest absolute Gasteiger partial charge is 0.312 e. The lowest BCUT2D eigenvalue weighted by Gasteiger charge is -2.13. The summed E-state index contributed by atoms with van der Waals surface area (Å²) in [5.41, 5.74) is 0.856. The van der Waals surface area contributed by atoms with E-state index in [1.807, 2.05) is 13.1 Å². The fourth-order valence-electron chi connectivity index (χ4n) is 1.78. The Hall–Kier alpha value is -0.570. The van der Waals surface area contributed by atoms with Gasteiger partial charge in [-0.2, -0.15) is 5.10 Å². The van der Waals surface area contributed by atoms with Crippen molar-refractivity contribution in [3.8, 4) is 0 Å². The van der Waals surface area contributed by atoms with Gasteiger partial charge in [0.1, 0.15) is 5.84 Å². The van der Waals surface area contributed by atoms with Crippen LogP contribution in [0.15, 0.2) is 23.3 Å². The molecule has 0 atom stereocenters. The van der Waals surface area contributed by atoms with Crippen LogP contribution in [0.1, 0.15) is 6.42 Å². The van der Waals surface area contributed by atoms with Crippen molar-refractivity contribution in [2.45, 2.75) is 6.42 Å². The average Bonchev–Trinajstić information content (AvgIpc) is 2.80. The summed E-state index contributed by atoms with van der Waals surface area (Å²) >= 11 is 13.9. The van der Waals surface area contributed by atoms with Gasteiger partial charge in [-0.1, -0.05) is 23.2 Å². The third kappa shape index (κ3) is 4.21. The maximum atomic E-state index is 11.7. The SMILES string of the molecule is CN(I)CC(=O)NC1=NN(c2ccc(Cl)c(Cl)c2)CC1. The summed E-state index contributed by atoms with van der Waals surface area (Å²) < 4.78 is 1.78. The van der Waals surface area contributed by atoms with Crippen molar-refractivity contribution in [3.63, 3.8) is 0 Å².